The average molecular weight is 285 g/mol. The molecule has 0 amide bonds. The first-order chi connectivity index (χ1) is 6.21. The molecule has 0 atom stereocenters. The molecule has 2 aliphatic rings. The summed E-state index contributed by atoms with van der Waals surface area (Å²) in [5.74, 6) is 0. The molecule has 13 heavy (non-hydrogen) atoms. The Labute approximate surface area is 92.3 Å². The number of hydrogen-bond acceptors (Lipinski definition) is 1. The fourth-order valence-corrected chi connectivity index (χ4v) is 2.96. The SMILES string of the molecule is CN1CC2(CC2)c2cc(I)ccc21. The highest BCUT2D eigenvalue weighted by atomic mass is 127. The summed E-state index contributed by atoms with van der Waals surface area (Å²) in [5, 5.41) is 0. The molecule has 3 rings (SSSR count). The Kier molecular flexibility index (Phi) is 1.50. The van der Waals surface area contributed by atoms with Crippen LogP contribution in [0.25, 0.3) is 0 Å². The van der Waals surface area contributed by atoms with Gasteiger partial charge in [-0.3, -0.25) is 0 Å². The van der Waals surface area contributed by atoms with E-state index in [4.69, 9.17) is 0 Å². The van der Waals surface area contributed by atoms with Crippen LogP contribution in [0.15, 0.2) is 18.2 Å². The second kappa shape index (κ2) is 2.41. The predicted molar refractivity (Wildman–Crippen MR) is 63.3 cm³/mol. The standard InChI is InChI=1S/C11H12IN/c1-13-7-11(4-5-11)9-6-8(12)2-3-10(9)13/h2-3,6H,4-5,7H2,1H3. The zero-order valence-electron chi connectivity index (χ0n) is 7.68. The highest BCUT2D eigenvalue weighted by molar-refractivity contribution is 14.1. The lowest BCUT2D eigenvalue weighted by molar-refractivity contribution is 0.731. The lowest BCUT2D eigenvalue weighted by Crippen LogP contribution is -2.18. The van der Waals surface area contributed by atoms with E-state index in [1.165, 1.54) is 28.6 Å². The number of anilines is 1. The Morgan fingerprint density at radius 3 is 2.85 bits per heavy atom. The highest BCUT2D eigenvalue weighted by Gasteiger charge is 2.50. The van der Waals surface area contributed by atoms with Crippen LogP contribution in [0.2, 0.25) is 0 Å². The maximum absolute atomic E-state index is 2.41. The normalized spacial score (nSPS) is 22.2. The van der Waals surface area contributed by atoms with Crippen molar-refractivity contribution in [3.8, 4) is 0 Å². The van der Waals surface area contributed by atoms with Crippen LogP contribution in [-0.4, -0.2) is 13.6 Å². The van der Waals surface area contributed by atoms with Gasteiger partial charge in [-0.25, -0.2) is 0 Å². The topological polar surface area (TPSA) is 3.24 Å². The van der Waals surface area contributed by atoms with Gasteiger partial charge in [0, 0.05) is 28.3 Å². The molecule has 1 aliphatic carbocycles. The molecule has 0 saturated heterocycles. The van der Waals surface area contributed by atoms with Gasteiger partial charge in [-0.1, -0.05) is 0 Å². The van der Waals surface area contributed by atoms with Gasteiger partial charge in [-0.2, -0.15) is 0 Å². The van der Waals surface area contributed by atoms with E-state index in [1.807, 2.05) is 0 Å². The molecule has 0 bridgehead atoms. The first kappa shape index (κ1) is 8.09. The molecule has 2 heteroatoms. The number of likely N-dealkylation sites (N-methyl/N-ethyl adjacent to an activating group) is 1. The van der Waals surface area contributed by atoms with Crippen molar-refractivity contribution in [2.75, 3.05) is 18.5 Å². The molecule has 1 fully saturated rings. The molecule has 0 unspecified atom stereocenters. The summed E-state index contributed by atoms with van der Waals surface area (Å²) >= 11 is 2.41. The fourth-order valence-electron chi connectivity index (χ4n) is 2.47. The smallest absolute Gasteiger partial charge is 0.0403 e. The van der Waals surface area contributed by atoms with Gasteiger partial charge in [0.2, 0.25) is 0 Å². The Balaban J connectivity index is 2.20. The van der Waals surface area contributed by atoms with Gasteiger partial charge in [0.15, 0.2) is 0 Å². The molecule has 0 radical (unpaired) electrons. The molecular weight excluding hydrogens is 273 g/mol. The van der Waals surface area contributed by atoms with Crippen LogP contribution in [-0.2, 0) is 5.41 Å². The molecule has 1 heterocycles. The van der Waals surface area contributed by atoms with Crippen molar-refractivity contribution in [3.63, 3.8) is 0 Å². The van der Waals surface area contributed by atoms with E-state index in [0.29, 0.717) is 5.41 Å². The second-order valence-electron chi connectivity index (χ2n) is 4.30. The Hall–Kier alpha value is -0.250. The van der Waals surface area contributed by atoms with Crippen molar-refractivity contribution >= 4 is 28.3 Å². The molecule has 1 nitrogen and oxygen atoms in total. The summed E-state index contributed by atoms with van der Waals surface area (Å²) in [6, 6.07) is 6.84. The van der Waals surface area contributed by atoms with Crippen LogP contribution in [0, 0.1) is 3.57 Å². The van der Waals surface area contributed by atoms with Gasteiger partial charge in [-0.15, -0.1) is 0 Å². The zero-order valence-corrected chi connectivity index (χ0v) is 9.84. The van der Waals surface area contributed by atoms with E-state index < -0.39 is 0 Å². The molecule has 68 valence electrons. The number of benzene rings is 1. The molecule has 0 N–H and O–H groups in total. The summed E-state index contributed by atoms with van der Waals surface area (Å²) in [7, 11) is 2.21. The second-order valence-corrected chi connectivity index (χ2v) is 5.54. The van der Waals surface area contributed by atoms with Crippen LogP contribution in [0.3, 0.4) is 0 Å². The summed E-state index contributed by atoms with van der Waals surface area (Å²) in [4.78, 5) is 2.40. The van der Waals surface area contributed by atoms with Crippen LogP contribution in [0.1, 0.15) is 18.4 Å². The lowest BCUT2D eigenvalue weighted by Gasteiger charge is -2.11. The van der Waals surface area contributed by atoms with Crippen LogP contribution in [0.4, 0.5) is 5.69 Å². The molecular formula is C11H12IN. The van der Waals surface area contributed by atoms with Crippen molar-refractivity contribution in [1.29, 1.82) is 0 Å². The van der Waals surface area contributed by atoms with Crippen molar-refractivity contribution in [3.05, 3.63) is 27.3 Å². The van der Waals surface area contributed by atoms with Crippen molar-refractivity contribution < 1.29 is 0 Å². The summed E-state index contributed by atoms with van der Waals surface area (Å²) < 4.78 is 1.37. The molecule has 1 aromatic rings. The zero-order chi connectivity index (χ0) is 9.05. The maximum Gasteiger partial charge on any atom is 0.0403 e. The van der Waals surface area contributed by atoms with Crippen molar-refractivity contribution in [1.82, 2.24) is 0 Å². The first-order valence-corrected chi connectivity index (χ1v) is 5.80. The van der Waals surface area contributed by atoms with Gasteiger partial charge in [0.1, 0.15) is 0 Å². The van der Waals surface area contributed by atoms with E-state index in [2.05, 4.69) is 52.7 Å². The number of halogens is 1. The number of rotatable bonds is 0. The summed E-state index contributed by atoms with van der Waals surface area (Å²) in [5.41, 5.74) is 3.62. The minimum absolute atomic E-state index is 0.561. The third kappa shape index (κ3) is 1.04. The van der Waals surface area contributed by atoms with E-state index in [0.717, 1.165) is 0 Å². The van der Waals surface area contributed by atoms with E-state index in [9.17, 15) is 0 Å². The van der Waals surface area contributed by atoms with Crippen LogP contribution < -0.4 is 4.90 Å². The average Bonchev–Trinajstić information content (AvgIpc) is 2.79. The fraction of sp³-hybridized carbons (Fsp3) is 0.455. The Morgan fingerprint density at radius 2 is 2.15 bits per heavy atom. The van der Waals surface area contributed by atoms with E-state index >= 15 is 0 Å². The number of fused-ring (bicyclic) bond motifs is 2. The largest absolute Gasteiger partial charge is 0.373 e. The first-order valence-electron chi connectivity index (χ1n) is 4.72. The van der Waals surface area contributed by atoms with E-state index in [-0.39, 0.29) is 0 Å². The molecule has 1 saturated carbocycles. The third-order valence-electron chi connectivity index (χ3n) is 3.33. The van der Waals surface area contributed by atoms with Crippen LogP contribution >= 0.6 is 22.6 Å². The van der Waals surface area contributed by atoms with Crippen molar-refractivity contribution in [2.45, 2.75) is 18.3 Å². The van der Waals surface area contributed by atoms with Gasteiger partial charge in [-0.05, 0) is 59.2 Å². The summed E-state index contributed by atoms with van der Waals surface area (Å²) in [6.07, 6.45) is 2.79. The highest BCUT2D eigenvalue weighted by Crippen LogP contribution is 2.56. The molecule has 1 aromatic carbocycles. The number of nitrogens with zero attached hydrogens (tertiary/aromatic N) is 1. The number of hydrogen-bond donors (Lipinski definition) is 0. The maximum atomic E-state index is 2.41. The van der Waals surface area contributed by atoms with Gasteiger partial charge >= 0.3 is 0 Å². The van der Waals surface area contributed by atoms with Gasteiger partial charge in [0.25, 0.3) is 0 Å². The molecule has 0 aromatic heterocycles. The Bertz CT molecular complexity index is 368. The lowest BCUT2D eigenvalue weighted by atomic mass is 9.99. The van der Waals surface area contributed by atoms with Crippen LogP contribution in [0.5, 0.6) is 0 Å². The monoisotopic (exact) mass is 285 g/mol. The summed E-state index contributed by atoms with van der Waals surface area (Å²) in [6.45, 7) is 1.24. The molecule has 1 spiro atoms. The minimum Gasteiger partial charge on any atom is -0.373 e. The molecule has 1 aliphatic heterocycles. The minimum atomic E-state index is 0.561. The van der Waals surface area contributed by atoms with Gasteiger partial charge < -0.3 is 4.90 Å². The predicted octanol–water partition coefficient (Wildman–Crippen LogP) is 2.77. The Morgan fingerprint density at radius 1 is 1.38 bits per heavy atom. The third-order valence-corrected chi connectivity index (χ3v) is 4.01. The van der Waals surface area contributed by atoms with Crippen molar-refractivity contribution in [2.24, 2.45) is 0 Å². The van der Waals surface area contributed by atoms with E-state index in [1.54, 1.807) is 5.56 Å². The quantitative estimate of drug-likeness (QED) is 0.663. The van der Waals surface area contributed by atoms with Gasteiger partial charge in [0.05, 0.1) is 0 Å².